The predicted molar refractivity (Wildman–Crippen MR) is 133 cm³/mol. The van der Waals surface area contributed by atoms with Crippen LogP contribution < -0.4 is 9.47 Å². The number of thioether (sulfide) groups is 1. The molecule has 10 heteroatoms. The Labute approximate surface area is 205 Å². The molecule has 1 aliphatic rings. The lowest BCUT2D eigenvalue weighted by molar-refractivity contribution is -0.122. The fourth-order valence-electron chi connectivity index (χ4n) is 3.07. The van der Waals surface area contributed by atoms with Gasteiger partial charge in [0.15, 0.2) is 16.7 Å². The lowest BCUT2D eigenvalue weighted by Gasteiger charge is -2.12. The van der Waals surface area contributed by atoms with E-state index in [0.717, 1.165) is 16.1 Å². The first-order valence-corrected chi connectivity index (χ1v) is 12.1. The molecule has 170 valence electrons. The van der Waals surface area contributed by atoms with Crippen molar-refractivity contribution in [3.8, 4) is 11.5 Å². The van der Waals surface area contributed by atoms with Crippen LogP contribution in [0.25, 0.3) is 6.08 Å². The number of hydrogen-bond acceptors (Lipinski definition) is 8. The van der Waals surface area contributed by atoms with E-state index in [1.54, 1.807) is 12.0 Å². The minimum Gasteiger partial charge on any atom is -0.493 e. The minimum atomic E-state index is -0.0930. The number of hydrogen-bond donors (Lipinski definition) is 0. The van der Waals surface area contributed by atoms with E-state index in [1.807, 2.05) is 62.4 Å². The topological polar surface area (TPSA) is 76.9 Å². The normalized spacial score (nSPS) is 16.1. The van der Waals surface area contributed by atoms with Crippen LogP contribution in [0.5, 0.6) is 11.5 Å². The Morgan fingerprint density at radius 3 is 2.61 bits per heavy atom. The monoisotopic (exact) mass is 500 g/mol. The molecule has 1 amide bonds. The van der Waals surface area contributed by atoms with Crippen molar-refractivity contribution in [2.24, 2.45) is 4.99 Å². The molecule has 2 aromatic carbocycles. The highest BCUT2D eigenvalue weighted by atomic mass is 35.5. The molecule has 0 N–H and O–H groups in total. The number of carbonyl (C=O) groups is 1. The molecular formula is C23H21ClN4O3S2. The van der Waals surface area contributed by atoms with E-state index in [1.165, 1.54) is 23.1 Å². The highest BCUT2D eigenvalue weighted by Gasteiger charge is 2.32. The molecule has 1 aromatic heterocycles. The molecule has 0 unspecified atom stereocenters. The average molecular weight is 501 g/mol. The summed E-state index contributed by atoms with van der Waals surface area (Å²) in [4.78, 5) is 19.6. The van der Waals surface area contributed by atoms with Crippen LogP contribution in [0.2, 0.25) is 5.02 Å². The molecule has 0 radical (unpaired) electrons. The van der Waals surface area contributed by atoms with Crippen LogP contribution in [0, 0.1) is 6.92 Å². The number of rotatable bonds is 7. The van der Waals surface area contributed by atoms with E-state index in [2.05, 4.69) is 15.2 Å². The Morgan fingerprint density at radius 1 is 1.15 bits per heavy atom. The second-order valence-corrected chi connectivity index (χ2v) is 9.59. The van der Waals surface area contributed by atoms with Gasteiger partial charge in [-0.1, -0.05) is 41.1 Å². The zero-order chi connectivity index (χ0) is 23.4. The molecule has 0 saturated carbocycles. The summed E-state index contributed by atoms with van der Waals surface area (Å²) in [5, 5.41) is 10.7. The van der Waals surface area contributed by atoms with Crippen molar-refractivity contribution < 1.29 is 14.3 Å². The molecular weight excluding hydrogens is 480 g/mol. The second kappa shape index (κ2) is 10.4. The number of aliphatic imine (C=N–C) groups is 1. The van der Waals surface area contributed by atoms with E-state index in [-0.39, 0.29) is 5.91 Å². The van der Waals surface area contributed by atoms with Gasteiger partial charge in [0.05, 0.1) is 12.0 Å². The van der Waals surface area contributed by atoms with Gasteiger partial charge in [-0.2, -0.15) is 4.99 Å². The zero-order valence-electron chi connectivity index (χ0n) is 18.2. The van der Waals surface area contributed by atoms with Gasteiger partial charge in [0.2, 0.25) is 5.13 Å². The molecule has 3 aromatic rings. The van der Waals surface area contributed by atoms with Crippen molar-refractivity contribution in [1.82, 2.24) is 15.1 Å². The Morgan fingerprint density at radius 2 is 1.94 bits per heavy atom. The zero-order valence-corrected chi connectivity index (χ0v) is 20.6. The Kier molecular flexibility index (Phi) is 7.32. The van der Waals surface area contributed by atoms with Crippen LogP contribution in [0.3, 0.4) is 0 Å². The van der Waals surface area contributed by atoms with Crippen molar-refractivity contribution in [3.63, 3.8) is 0 Å². The van der Waals surface area contributed by atoms with E-state index in [9.17, 15) is 4.79 Å². The van der Waals surface area contributed by atoms with Crippen LogP contribution >= 0.6 is 34.7 Å². The third-order valence-electron chi connectivity index (χ3n) is 4.70. The maximum Gasteiger partial charge on any atom is 0.266 e. The van der Waals surface area contributed by atoms with E-state index >= 15 is 0 Å². The first-order chi connectivity index (χ1) is 16.0. The van der Waals surface area contributed by atoms with Gasteiger partial charge in [0.25, 0.3) is 5.91 Å². The van der Waals surface area contributed by atoms with E-state index in [0.29, 0.717) is 44.9 Å². The maximum absolute atomic E-state index is 12.9. The highest BCUT2D eigenvalue weighted by Crippen LogP contribution is 2.36. The van der Waals surface area contributed by atoms with Gasteiger partial charge < -0.3 is 9.47 Å². The standard InChI is InChI=1S/C23H21ClN4O3S2/c1-4-28-21(29)20(33-23(28)25-22-27-26-14(2)32-22)12-16-7-10-18(19(11-16)30-3)31-13-15-5-8-17(24)9-6-15/h5-12H,4,13H2,1-3H3/b20-12-,25-23+. The number of benzene rings is 2. The first kappa shape index (κ1) is 23.3. The summed E-state index contributed by atoms with van der Waals surface area (Å²) in [5.41, 5.74) is 1.82. The van der Waals surface area contributed by atoms with Crippen LogP contribution in [0.4, 0.5) is 5.13 Å². The summed E-state index contributed by atoms with van der Waals surface area (Å²) in [7, 11) is 1.59. The summed E-state index contributed by atoms with van der Waals surface area (Å²) in [6.45, 7) is 4.69. The number of likely N-dealkylation sites (N-methyl/N-ethyl adjacent to an activating group) is 1. The van der Waals surface area contributed by atoms with Crippen LogP contribution in [0.1, 0.15) is 23.1 Å². The Bertz CT molecular complexity index is 1220. The number of aromatic nitrogens is 2. The molecule has 1 saturated heterocycles. The molecule has 33 heavy (non-hydrogen) atoms. The lowest BCUT2D eigenvalue weighted by Crippen LogP contribution is -2.28. The third kappa shape index (κ3) is 5.55. The molecule has 4 rings (SSSR count). The number of methoxy groups -OCH3 is 1. The summed E-state index contributed by atoms with van der Waals surface area (Å²) < 4.78 is 11.4. The van der Waals surface area contributed by atoms with Crippen LogP contribution in [-0.4, -0.2) is 39.8 Å². The molecule has 2 heterocycles. The van der Waals surface area contributed by atoms with E-state index < -0.39 is 0 Å². The minimum absolute atomic E-state index is 0.0930. The van der Waals surface area contributed by atoms with Gasteiger partial charge in [-0.25, -0.2) is 0 Å². The number of carbonyl (C=O) groups excluding carboxylic acids is 1. The maximum atomic E-state index is 12.9. The van der Waals surface area contributed by atoms with Crippen molar-refractivity contribution >= 4 is 57.0 Å². The third-order valence-corrected chi connectivity index (χ3v) is 6.70. The molecule has 1 aliphatic heterocycles. The van der Waals surface area contributed by atoms with Crippen LogP contribution in [-0.2, 0) is 11.4 Å². The number of amides is 1. The molecule has 0 atom stereocenters. The number of halogens is 1. The Hall–Kier alpha value is -2.88. The van der Waals surface area contributed by atoms with Gasteiger partial charge >= 0.3 is 0 Å². The number of ether oxygens (including phenoxy) is 2. The van der Waals surface area contributed by atoms with Crippen LogP contribution in [0.15, 0.2) is 52.4 Å². The van der Waals surface area contributed by atoms with Gasteiger partial charge in [-0.15, -0.1) is 10.2 Å². The fraction of sp³-hybridized carbons (Fsp3) is 0.217. The van der Waals surface area contributed by atoms with Gasteiger partial charge in [-0.05, 0) is 67.1 Å². The second-order valence-electron chi connectivity index (χ2n) is 6.98. The quantitative estimate of drug-likeness (QED) is 0.386. The van der Waals surface area contributed by atoms with E-state index in [4.69, 9.17) is 21.1 Å². The van der Waals surface area contributed by atoms with Gasteiger partial charge in [0.1, 0.15) is 11.6 Å². The van der Waals surface area contributed by atoms with Crippen molar-refractivity contribution in [1.29, 1.82) is 0 Å². The fourth-order valence-corrected chi connectivity index (χ4v) is 4.86. The summed E-state index contributed by atoms with van der Waals surface area (Å²) in [5.74, 6) is 1.10. The largest absolute Gasteiger partial charge is 0.493 e. The van der Waals surface area contributed by atoms with Crippen molar-refractivity contribution in [3.05, 3.63) is 68.5 Å². The molecule has 7 nitrogen and oxygen atoms in total. The number of aryl methyl sites for hydroxylation is 1. The lowest BCUT2D eigenvalue weighted by atomic mass is 10.1. The van der Waals surface area contributed by atoms with Gasteiger partial charge in [-0.3, -0.25) is 9.69 Å². The first-order valence-electron chi connectivity index (χ1n) is 10.1. The predicted octanol–water partition coefficient (Wildman–Crippen LogP) is 5.71. The molecule has 0 aliphatic carbocycles. The summed E-state index contributed by atoms with van der Waals surface area (Å²) in [6, 6.07) is 13.1. The molecule has 0 spiro atoms. The molecule has 0 bridgehead atoms. The molecule has 1 fully saturated rings. The SMILES string of the molecule is CCN1C(=O)/C(=C/c2ccc(OCc3ccc(Cl)cc3)c(OC)c2)S/C1=N/c1nnc(C)s1. The number of nitrogens with zero attached hydrogens (tertiary/aromatic N) is 4. The summed E-state index contributed by atoms with van der Waals surface area (Å²) >= 11 is 8.64. The van der Waals surface area contributed by atoms with Gasteiger partial charge in [0, 0.05) is 11.6 Å². The van der Waals surface area contributed by atoms with Crippen molar-refractivity contribution in [2.45, 2.75) is 20.5 Å². The van der Waals surface area contributed by atoms with Crippen molar-refractivity contribution in [2.75, 3.05) is 13.7 Å². The number of amidine groups is 1. The smallest absolute Gasteiger partial charge is 0.266 e. The summed E-state index contributed by atoms with van der Waals surface area (Å²) in [6.07, 6.45) is 1.83. The average Bonchev–Trinajstić information content (AvgIpc) is 3.35. The Balaban J connectivity index is 1.53. The highest BCUT2D eigenvalue weighted by molar-refractivity contribution is 8.18.